The largest absolute Gasteiger partial charge is 0.673 e. The van der Waals surface area contributed by atoms with E-state index in [0.29, 0.717) is 0 Å². The SMILES string of the molecule is Cc1sc(-c2ccccc2)n[n+]1Cc1ccccc1.F[B-](F)(F)F. The zero-order valence-electron chi connectivity index (χ0n) is 12.9. The van der Waals surface area contributed by atoms with E-state index in [1.54, 1.807) is 11.3 Å². The molecule has 1 aromatic heterocycles. The average Bonchev–Trinajstić information content (AvgIpc) is 2.89. The monoisotopic (exact) mass is 354 g/mol. The molecule has 0 aliphatic carbocycles. The van der Waals surface area contributed by atoms with Crippen molar-refractivity contribution >= 4 is 18.6 Å². The number of rotatable bonds is 3. The third-order valence-electron chi connectivity index (χ3n) is 3.02. The fraction of sp³-hybridized carbons (Fsp3) is 0.125. The number of hydrogen-bond acceptors (Lipinski definition) is 2. The molecule has 0 amide bonds. The number of halogens is 4. The van der Waals surface area contributed by atoms with Gasteiger partial charge < -0.3 is 17.3 Å². The fourth-order valence-electron chi connectivity index (χ4n) is 1.99. The first kappa shape index (κ1) is 18.1. The van der Waals surface area contributed by atoms with Crippen LogP contribution in [0.1, 0.15) is 10.6 Å². The summed E-state index contributed by atoms with van der Waals surface area (Å²) in [6.45, 7) is 2.95. The van der Waals surface area contributed by atoms with Gasteiger partial charge in [-0.05, 0) is 11.3 Å². The summed E-state index contributed by atoms with van der Waals surface area (Å²) >= 11 is 1.74. The van der Waals surface area contributed by atoms with Crippen LogP contribution < -0.4 is 4.68 Å². The van der Waals surface area contributed by atoms with Crippen LogP contribution in [0, 0.1) is 6.92 Å². The molecule has 0 atom stereocenters. The van der Waals surface area contributed by atoms with E-state index >= 15 is 0 Å². The molecule has 3 aromatic rings. The zero-order chi connectivity index (χ0) is 17.6. The quantitative estimate of drug-likeness (QED) is 0.377. The van der Waals surface area contributed by atoms with E-state index in [9.17, 15) is 17.3 Å². The van der Waals surface area contributed by atoms with Crippen LogP contribution in [0.5, 0.6) is 0 Å². The van der Waals surface area contributed by atoms with Crippen LogP contribution in [0.2, 0.25) is 0 Å². The van der Waals surface area contributed by atoms with Crippen molar-refractivity contribution in [3.63, 3.8) is 0 Å². The first-order chi connectivity index (χ1) is 11.3. The molecule has 2 nitrogen and oxygen atoms in total. The van der Waals surface area contributed by atoms with Crippen LogP contribution in [0.3, 0.4) is 0 Å². The Balaban J connectivity index is 0.000000368. The van der Waals surface area contributed by atoms with Gasteiger partial charge in [-0.3, -0.25) is 0 Å². The van der Waals surface area contributed by atoms with Gasteiger partial charge in [0.2, 0.25) is 6.54 Å². The summed E-state index contributed by atoms with van der Waals surface area (Å²) in [7, 11) is -6.00. The van der Waals surface area contributed by atoms with Gasteiger partial charge >= 0.3 is 7.25 Å². The van der Waals surface area contributed by atoms with E-state index in [0.717, 1.165) is 11.6 Å². The van der Waals surface area contributed by atoms with Crippen molar-refractivity contribution in [1.29, 1.82) is 0 Å². The topological polar surface area (TPSA) is 16.8 Å². The summed E-state index contributed by atoms with van der Waals surface area (Å²) in [6, 6.07) is 20.8. The van der Waals surface area contributed by atoms with Gasteiger partial charge in [0.15, 0.2) is 5.01 Å². The molecule has 126 valence electrons. The van der Waals surface area contributed by atoms with Crippen molar-refractivity contribution in [2.45, 2.75) is 13.5 Å². The lowest BCUT2D eigenvalue weighted by atomic mass is 10.2. The summed E-state index contributed by atoms with van der Waals surface area (Å²) in [5, 5.41) is 7.01. The minimum absolute atomic E-state index is 0.829. The van der Waals surface area contributed by atoms with E-state index in [1.807, 2.05) is 24.3 Å². The minimum atomic E-state index is -6.00. The van der Waals surface area contributed by atoms with Crippen molar-refractivity contribution in [1.82, 2.24) is 5.10 Å². The Morgan fingerprint density at radius 1 is 0.917 bits per heavy atom. The minimum Gasteiger partial charge on any atom is -0.418 e. The Hall–Kier alpha value is -2.22. The molecule has 0 unspecified atom stereocenters. The molecular weight excluding hydrogens is 339 g/mol. The Morgan fingerprint density at radius 3 is 1.96 bits per heavy atom. The lowest BCUT2D eigenvalue weighted by molar-refractivity contribution is -0.745. The molecule has 0 aliphatic heterocycles. The molecule has 0 fully saturated rings. The zero-order valence-corrected chi connectivity index (χ0v) is 13.7. The molecule has 8 heteroatoms. The number of nitrogens with zero attached hydrogens (tertiary/aromatic N) is 2. The van der Waals surface area contributed by atoms with Crippen molar-refractivity contribution in [3.05, 3.63) is 71.2 Å². The number of benzene rings is 2. The first-order valence-electron chi connectivity index (χ1n) is 7.17. The molecule has 2 aromatic carbocycles. The molecule has 0 N–H and O–H groups in total. The Labute approximate surface area is 141 Å². The molecule has 0 bridgehead atoms. The highest BCUT2D eigenvalue weighted by molar-refractivity contribution is 7.14. The molecule has 0 spiro atoms. The molecule has 1 heterocycles. The second-order valence-corrected chi connectivity index (χ2v) is 6.11. The van der Waals surface area contributed by atoms with Gasteiger partial charge in [-0.2, -0.15) is 0 Å². The second-order valence-electron chi connectivity index (χ2n) is 4.93. The van der Waals surface area contributed by atoms with E-state index in [4.69, 9.17) is 5.10 Å². The summed E-state index contributed by atoms with van der Waals surface area (Å²) in [4.78, 5) is 0. The summed E-state index contributed by atoms with van der Waals surface area (Å²) in [5.74, 6) is 0. The van der Waals surface area contributed by atoms with Crippen LogP contribution in [-0.2, 0) is 6.54 Å². The van der Waals surface area contributed by atoms with Gasteiger partial charge in [-0.1, -0.05) is 65.3 Å². The highest BCUT2D eigenvalue weighted by Crippen LogP contribution is 2.21. The molecule has 0 aliphatic rings. The van der Waals surface area contributed by atoms with Crippen LogP contribution in [0.15, 0.2) is 60.7 Å². The van der Waals surface area contributed by atoms with Crippen LogP contribution in [-0.4, -0.2) is 12.4 Å². The highest BCUT2D eigenvalue weighted by atomic mass is 32.1. The third kappa shape index (κ3) is 6.12. The summed E-state index contributed by atoms with van der Waals surface area (Å²) in [5.41, 5.74) is 2.46. The maximum absolute atomic E-state index is 9.75. The van der Waals surface area contributed by atoms with Gasteiger partial charge in [0.1, 0.15) is 0 Å². The fourth-order valence-corrected chi connectivity index (χ4v) is 2.88. The van der Waals surface area contributed by atoms with Gasteiger partial charge in [0.05, 0.1) is 0 Å². The predicted molar refractivity (Wildman–Crippen MR) is 88.2 cm³/mol. The Kier molecular flexibility index (Phi) is 6.08. The van der Waals surface area contributed by atoms with Crippen LogP contribution in [0.4, 0.5) is 17.3 Å². The average molecular weight is 354 g/mol. The van der Waals surface area contributed by atoms with Crippen molar-refractivity contribution in [3.8, 4) is 10.6 Å². The Morgan fingerprint density at radius 2 is 1.42 bits per heavy atom. The maximum Gasteiger partial charge on any atom is 0.673 e. The second kappa shape index (κ2) is 8.05. The van der Waals surface area contributed by atoms with E-state index < -0.39 is 7.25 Å². The first-order valence-corrected chi connectivity index (χ1v) is 7.99. The lowest BCUT2D eigenvalue weighted by Crippen LogP contribution is -2.38. The predicted octanol–water partition coefficient (Wildman–Crippen LogP) is 4.75. The van der Waals surface area contributed by atoms with Gasteiger partial charge in [-0.15, -0.1) is 0 Å². The smallest absolute Gasteiger partial charge is 0.418 e. The summed E-state index contributed by atoms with van der Waals surface area (Å²) in [6.07, 6.45) is 0. The molecule has 0 saturated heterocycles. The molecule has 24 heavy (non-hydrogen) atoms. The van der Waals surface area contributed by atoms with Gasteiger partial charge in [-0.25, -0.2) is 0 Å². The highest BCUT2D eigenvalue weighted by Gasteiger charge is 2.20. The van der Waals surface area contributed by atoms with E-state index in [1.165, 1.54) is 16.1 Å². The van der Waals surface area contributed by atoms with Crippen molar-refractivity contribution < 1.29 is 21.9 Å². The normalized spacial score (nSPS) is 10.9. The standard InChI is InChI=1S/C16H15N2S.BF4/c1-13-18(12-14-8-4-2-5-9-14)17-16(19-13)15-10-6-3-7-11-15;2-1(3,4)5/h2-11H,12H2,1H3;/q+1;-1. The molecule has 0 radical (unpaired) electrons. The van der Waals surface area contributed by atoms with Crippen LogP contribution >= 0.6 is 11.3 Å². The summed E-state index contributed by atoms with van der Waals surface area (Å²) < 4.78 is 41.1. The molecule has 3 rings (SSSR count). The third-order valence-corrected chi connectivity index (χ3v) is 4.03. The molecule has 0 saturated carbocycles. The van der Waals surface area contributed by atoms with Gasteiger partial charge in [0.25, 0.3) is 5.01 Å². The Bertz CT molecular complexity index is 755. The number of hydrogen-bond donors (Lipinski definition) is 0. The number of aryl methyl sites for hydroxylation is 1. The maximum atomic E-state index is 9.75. The van der Waals surface area contributed by atoms with E-state index in [-0.39, 0.29) is 0 Å². The lowest BCUT2D eigenvalue weighted by Gasteiger charge is -1.94. The van der Waals surface area contributed by atoms with Crippen molar-refractivity contribution in [2.75, 3.05) is 0 Å². The number of aromatic nitrogens is 2. The molecular formula is C16H15BF4N2S. The van der Waals surface area contributed by atoms with Gasteiger partial charge in [0, 0.05) is 23.1 Å². The van der Waals surface area contributed by atoms with E-state index in [2.05, 4.69) is 48.0 Å². The van der Waals surface area contributed by atoms with Crippen molar-refractivity contribution in [2.24, 2.45) is 0 Å². The van der Waals surface area contributed by atoms with Crippen LogP contribution in [0.25, 0.3) is 10.6 Å².